The van der Waals surface area contributed by atoms with Crippen LogP contribution in [0.4, 0.5) is 5.69 Å². The van der Waals surface area contributed by atoms with Gasteiger partial charge in [0.25, 0.3) is 5.91 Å². The number of carbonyl (C=O) groups is 1. The first-order chi connectivity index (χ1) is 10.8. The molecule has 0 spiro atoms. The zero-order valence-electron chi connectivity index (χ0n) is 14.3. The summed E-state index contributed by atoms with van der Waals surface area (Å²) in [6.07, 6.45) is 0. The minimum absolute atomic E-state index is 0.129. The third kappa shape index (κ3) is 3.61. The van der Waals surface area contributed by atoms with Crippen molar-refractivity contribution in [2.24, 2.45) is 7.05 Å². The highest BCUT2D eigenvalue weighted by Gasteiger charge is 2.22. The first kappa shape index (κ1) is 16.8. The van der Waals surface area contributed by atoms with Crippen molar-refractivity contribution in [1.82, 2.24) is 14.8 Å². The minimum Gasteiger partial charge on any atom is -0.481 e. The van der Waals surface area contributed by atoms with E-state index in [1.807, 2.05) is 20.8 Å². The number of carbonyl (C=O) groups excluding carboxylic acids is 1. The van der Waals surface area contributed by atoms with Crippen molar-refractivity contribution in [1.29, 1.82) is 0 Å². The molecule has 2 aromatic heterocycles. The number of ether oxygens (including phenoxy) is 2. The number of methoxy groups -OCH3 is 2. The topological polar surface area (TPSA) is 78.3 Å². The van der Waals surface area contributed by atoms with Crippen molar-refractivity contribution in [2.45, 2.75) is 26.2 Å². The molecule has 7 nitrogen and oxygen atoms in total. The van der Waals surface area contributed by atoms with E-state index in [1.165, 1.54) is 14.2 Å². The van der Waals surface area contributed by atoms with Crippen LogP contribution in [0.5, 0.6) is 11.8 Å². The van der Waals surface area contributed by atoms with Gasteiger partial charge in [-0.05, 0) is 12.1 Å². The maximum atomic E-state index is 12.5. The predicted octanol–water partition coefficient (Wildman–Crippen LogP) is 2.38. The lowest BCUT2D eigenvalue weighted by molar-refractivity contribution is 0.101. The molecule has 2 aromatic rings. The van der Waals surface area contributed by atoms with Gasteiger partial charge in [0.1, 0.15) is 11.4 Å². The number of amides is 1. The van der Waals surface area contributed by atoms with Crippen LogP contribution >= 0.6 is 0 Å². The van der Waals surface area contributed by atoms with Gasteiger partial charge in [0, 0.05) is 18.5 Å². The van der Waals surface area contributed by atoms with Gasteiger partial charge in [0.05, 0.1) is 19.9 Å². The van der Waals surface area contributed by atoms with E-state index >= 15 is 0 Å². The smallest absolute Gasteiger partial charge is 0.274 e. The average Bonchev–Trinajstić information content (AvgIpc) is 2.89. The number of rotatable bonds is 4. The van der Waals surface area contributed by atoms with Gasteiger partial charge in [-0.1, -0.05) is 20.8 Å². The molecule has 0 unspecified atom stereocenters. The maximum Gasteiger partial charge on any atom is 0.274 e. The van der Waals surface area contributed by atoms with Gasteiger partial charge in [0.15, 0.2) is 0 Å². The molecule has 1 N–H and O–H groups in total. The van der Waals surface area contributed by atoms with Crippen LogP contribution in [0.1, 0.15) is 37.0 Å². The Morgan fingerprint density at radius 2 is 1.91 bits per heavy atom. The maximum absolute atomic E-state index is 12.5. The van der Waals surface area contributed by atoms with Crippen LogP contribution in [0.15, 0.2) is 18.2 Å². The second-order valence-electron chi connectivity index (χ2n) is 6.15. The van der Waals surface area contributed by atoms with Crippen LogP contribution < -0.4 is 14.8 Å². The number of nitrogens with one attached hydrogen (secondary N) is 1. The van der Waals surface area contributed by atoms with Gasteiger partial charge in [-0.3, -0.25) is 9.48 Å². The third-order valence-electron chi connectivity index (χ3n) is 3.37. The molecule has 0 radical (unpaired) electrons. The Kier molecular flexibility index (Phi) is 4.58. The zero-order chi connectivity index (χ0) is 17.2. The molecule has 7 heteroatoms. The SMILES string of the molecule is COc1ccc(NC(=O)c2cc(C(C)(C)C)nn2C)c(OC)n1. The van der Waals surface area contributed by atoms with Crippen molar-refractivity contribution in [2.75, 3.05) is 19.5 Å². The normalized spacial score (nSPS) is 11.2. The quantitative estimate of drug-likeness (QED) is 0.936. The van der Waals surface area contributed by atoms with Gasteiger partial charge in [-0.25, -0.2) is 0 Å². The van der Waals surface area contributed by atoms with Gasteiger partial charge in [0.2, 0.25) is 11.8 Å². The predicted molar refractivity (Wildman–Crippen MR) is 87.2 cm³/mol. The molecular weight excluding hydrogens is 296 g/mol. The average molecular weight is 318 g/mol. The molecule has 0 aromatic carbocycles. The number of aryl methyl sites for hydroxylation is 1. The van der Waals surface area contributed by atoms with E-state index in [9.17, 15) is 4.79 Å². The summed E-state index contributed by atoms with van der Waals surface area (Å²) in [5, 5.41) is 7.20. The van der Waals surface area contributed by atoms with Crippen LogP contribution in [0.2, 0.25) is 0 Å². The van der Waals surface area contributed by atoms with Gasteiger partial charge in [-0.15, -0.1) is 0 Å². The Morgan fingerprint density at radius 1 is 1.22 bits per heavy atom. The number of hydrogen-bond donors (Lipinski definition) is 1. The standard InChI is InChI=1S/C16H22N4O3/c1-16(2,3)12-9-11(20(4)19-12)14(21)17-10-7-8-13(22-5)18-15(10)23-6/h7-9H,1-6H3,(H,17,21). The molecular formula is C16H22N4O3. The lowest BCUT2D eigenvalue weighted by atomic mass is 9.92. The fourth-order valence-corrected chi connectivity index (χ4v) is 2.02. The monoisotopic (exact) mass is 318 g/mol. The molecule has 0 saturated heterocycles. The fraction of sp³-hybridized carbons (Fsp3) is 0.438. The largest absolute Gasteiger partial charge is 0.481 e. The highest BCUT2D eigenvalue weighted by molar-refractivity contribution is 6.03. The molecule has 0 atom stereocenters. The van der Waals surface area contributed by atoms with Gasteiger partial charge in [-0.2, -0.15) is 10.1 Å². The summed E-state index contributed by atoms with van der Waals surface area (Å²) in [6.45, 7) is 6.15. The van der Waals surface area contributed by atoms with Gasteiger partial charge < -0.3 is 14.8 Å². The number of hydrogen-bond acceptors (Lipinski definition) is 5. The number of nitrogens with zero attached hydrogens (tertiary/aromatic N) is 3. The van der Waals surface area contributed by atoms with E-state index in [1.54, 1.807) is 29.9 Å². The summed E-state index contributed by atoms with van der Waals surface area (Å²) in [6, 6.07) is 5.13. The van der Waals surface area contributed by atoms with Crippen LogP contribution in [-0.2, 0) is 12.5 Å². The highest BCUT2D eigenvalue weighted by Crippen LogP contribution is 2.26. The van der Waals surface area contributed by atoms with Crippen LogP contribution in [0, 0.1) is 0 Å². The minimum atomic E-state index is -0.277. The molecule has 0 saturated carbocycles. The third-order valence-corrected chi connectivity index (χ3v) is 3.37. The number of anilines is 1. The Labute approximate surface area is 135 Å². The lowest BCUT2D eigenvalue weighted by Crippen LogP contribution is -2.16. The van der Waals surface area contributed by atoms with Crippen molar-refractivity contribution in [3.05, 3.63) is 29.6 Å². The molecule has 0 fully saturated rings. The summed E-state index contributed by atoms with van der Waals surface area (Å²) in [7, 11) is 4.75. The van der Waals surface area contributed by atoms with E-state index in [-0.39, 0.29) is 17.2 Å². The van der Waals surface area contributed by atoms with Crippen molar-refractivity contribution in [3.63, 3.8) is 0 Å². The van der Waals surface area contributed by atoms with E-state index < -0.39 is 0 Å². The molecule has 23 heavy (non-hydrogen) atoms. The molecule has 0 aliphatic rings. The van der Waals surface area contributed by atoms with Crippen molar-refractivity contribution >= 4 is 11.6 Å². The Morgan fingerprint density at radius 3 is 2.43 bits per heavy atom. The molecule has 0 aliphatic heterocycles. The van der Waals surface area contributed by atoms with Crippen LogP contribution in [-0.4, -0.2) is 34.9 Å². The lowest BCUT2D eigenvalue weighted by Gasteiger charge is -2.13. The molecule has 0 aliphatic carbocycles. The first-order valence-corrected chi connectivity index (χ1v) is 7.21. The summed E-state index contributed by atoms with van der Waals surface area (Å²) in [5.74, 6) is 0.423. The highest BCUT2D eigenvalue weighted by atomic mass is 16.5. The molecule has 2 heterocycles. The number of aromatic nitrogens is 3. The number of pyridine rings is 1. The van der Waals surface area contributed by atoms with E-state index in [2.05, 4.69) is 15.4 Å². The molecule has 2 rings (SSSR count). The van der Waals surface area contributed by atoms with Crippen molar-refractivity contribution in [3.8, 4) is 11.8 Å². The first-order valence-electron chi connectivity index (χ1n) is 7.21. The second-order valence-corrected chi connectivity index (χ2v) is 6.15. The van der Waals surface area contributed by atoms with E-state index in [0.29, 0.717) is 17.3 Å². The Balaban J connectivity index is 2.28. The second kappa shape index (κ2) is 6.28. The fourth-order valence-electron chi connectivity index (χ4n) is 2.02. The molecule has 0 bridgehead atoms. The summed E-state index contributed by atoms with van der Waals surface area (Å²) in [4.78, 5) is 16.7. The Bertz CT molecular complexity index is 717. The van der Waals surface area contributed by atoms with Crippen molar-refractivity contribution < 1.29 is 14.3 Å². The van der Waals surface area contributed by atoms with Gasteiger partial charge >= 0.3 is 0 Å². The summed E-state index contributed by atoms with van der Waals surface area (Å²) >= 11 is 0. The summed E-state index contributed by atoms with van der Waals surface area (Å²) < 4.78 is 11.8. The van der Waals surface area contributed by atoms with Crippen LogP contribution in [0.25, 0.3) is 0 Å². The molecule has 124 valence electrons. The van der Waals surface area contributed by atoms with E-state index in [0.717, 1.165) is 5.69 Å². The van der Waals surface area contributed by atoms with Crippen LogP contribution in [0.3, 0.4) is 0 Å². The van der Waals surface area contributed by atoms with E-state index in [4.69, 9.17) is 9.47 Å². The summed E-state index contributed by atoms with van der Waals surface area (Å²) in [5.41, 5.74) is 1.66. The Hall–Kier alpha value is -2.57. The molecule has 1 amide bonds. The zero-order valence-corrected chi connectivity index (χ0v) is 14.3.